The fraction of sp³-hybridized carbons (Fsp3) is 0.778. The monoisotopic (exact) mass is 710 g/mol. The van der Waals surface area contributed by atoms with Crippen LogP contribution in [0.4, 0.5) is 0 Å². The normalized spacial score (nSPS) is 45.9. The molecule has 6 aliphatic rings. The van der Waals surface area contributed by atoms with Gasteiger partial charge < -0.3 is 14.9 Å². The molecule has 230 valence electrons. The minimum absolute atomic E-state index is 0. The fourth-order valence-electron chi connectivity index (χ4n) is 12.7. The first-order chi connectivity index (χ1) is 18.8. The Morgan fingerprint density at radius 1 is 0.756 bits per heavy atom. The van der Waals surface area contributed by atoms with Gasteiger partial charge in [-0.25, -0.2) is 0 Å². The van der Waals surface area contributed by atoms with Gasteiger partial charge in [-0.15, -0.1) is 0 Å². The van der Waals surface area contributed by atoms with Crippen molar-refractivity contribution in [2.24, 2.45) is 53.3 Å². The van der Waals surface area contributed by atoms with Gasteiger partial charge in [0.2, 0.25) is 0 Å². The third-order valence-corrected chi connectivity index (χ3v) is 21.1. The molecule has 5 heteroatoms. The molecule has 1 saturated heterocycles. The molecule has 0 spiro atoms. The SMILES string of the molecule is CC1CC2C(CC3CCCC3C2c2ccccc2)C1[Si](C)(C)C1C(C)C(C)C2C3CCCCC3SC21.[CH3-].[CH3-].[Cl][Zr+2][Cl]. The molecule has 14 atom stereocenters. The van der Waals surface area contributed by atoms with Crippen LogP contribution in [0.5, 0.6) is 0 Å². The number of fused-ring (bicyclic) bond motifs is 5. The zero-order chi connectivity index (χ0) is 27.5. The fourth-order valence-corrected chi connectivity index (χ4v) is 22.5. The first-order valence-electron chi connectivity index (χ1n) is 16.5. The van der Waals surface area contributed by atoms with Gasteiger partial charge in [-0.1, -0.05) is 89.9 Å². The first kappa shape index (κ1) is 35.1. The third kappa shape index (κ3) is 6.08. The molecule has 0 aromatic heterocycles. The molecule has 7 rings (SSSR count). The molecule has 0 amide bonds. The van der Waals surface area contributed by atoms with Crippen molar-refractivity contribution in [3.63, 3.8) is 0 Å². The van der Waals surface area contributed by atoms with Crippen LogP contribution < -0.4 is 0 Å². The van der Waals surface area contributed by atoms with Crippen molar-refractivity contribution < 1.29 is 20.8 Å². The summed E-state index contributed by atoms with van der Waals surface area (Å²) in [6.45, 7) is 14.0. The van der Waals surface area contributed by atoms with E-state index in [4.69, 9.17) is 17.0 Å². The zero-order valence-corrected chi connectivity index (χ0v) is 32.8. The second-order valence-corrected chi connectivity index (χ2v) is 25.5. The first-order valence-corrected chi connectivity index (χ1v) is 26.9. The molecule has 1 aliphatic heterocycles. The standard InChI is InChI=1S/C34H52SSi.2CH3.2ClH.Zr/c1-20-18-27-28(19-24-14-11-16-25(24)31(27)23-12-7-6-8-13-23)33(20)36(4,5)34-22(3)21(2)30-26-15-9-10-17-29(26)35-32(30)34;;;;;/h6-8,12-13,20-22,24-34H,9-11,14-19H2,1-5H3;2*1H3;2*1H;/q;2*-1;;;+4/p-2. The van der Waals surface area contributed by atoms with Crippen LogP contribution in [0.1, 0.15) is 90.0 Å². The number of rotatable bonds is 3. The summed E-state index contributed by atoms with van der Waals surface area (Å²) in [4.78, 5) is 0. The molecule has 14 unspecified atom stereocenters. The van der Waals surface area contributed by atoms with Crippen molar-refractivity contribution in [1.82, 2.24) is 0 Å². The van der Waals surface area contributed by atoms with Crippen LogP contribution >= 0.6 is 28.8 Å². The Balaban J connectivity index is 0.000000744. The van der Waals surface area contributed by atoms with Gasteiger partial charge in [-0.2, -0.15) is 11.8 Å². The van der Waals surface area contributed by atoms with Crippen molar-refractivity contribution in [2.45, 2.75) is 119 Å². The van der Waals surface area contributed by atoms with E-state index in [9.17, 15) is 0 Å². The van der Waals surface area contributed by atoms with Crippen molar-refractivity contribution in [1.29, 1.82) is 0 Å². The summed E-state index contributed by atoms with van der Waals surface area (Å²) in [7, 11) is 8.41. The number of hydrogen-bond acceptors (Lipinski definition) is 1. The van der Waals surface area contributed by atoms with E-state index < -0.39 is 28.9 Å². The molecule has 1 aromatic rings. The second-order valence-electron chi connectivity index (χ2n) is 15.4. The van der Waals surface area contributed by atoms with Crippen LogP contribution in [-0.2, 0) is 20.8 Å². The number of thioether (sulfide) groups is 1. The van der Waals surface area contributed by atoms with Crippen LogP contribution in [-0.4, -0.2) is 18.6 Å². The van der Waals surface area contributed by atoms with Crippen molar-refractivity contribution >= 4 is 36.9 Å². The molecule has 5 saturated carbocycles. The third-order valence-electron chi connectivity index (χ3n) is 13.7. The molecule has 41 heavy (non-hydrogen) atoms. The molecule has 0 nitrogen and oxygen atoms in total. The van der Waals surface area contributed by atoms with E-state index in [2.05, 4.69) is 76.0 Å². The topological polar surface area (TPSA) is 0 Å². The summed E-state index contributed by atoms with van der Waals surface area (Å²) in [6, 6.07) is 11.9. The van der Waals surface area contributed by atoms with Crippen LogP contribution in [0.25, 0.3) is 0 Å². The Kier molecular flexibility index (Phi) is 12.3. The van der Waals surface area contributed by atoms with Gasteiger partial charge in [-0.05, 0) is 108 Å². The Morgan fingerprint density at radius 3 is 2.12 bits per heavy atom. The van der Waals surface area contributed by atoms with E-state index in [1.165, 1.54) is 44.9 Å². The summed E-state index contributed by atoms with van der Waals surface area (Å²) in [5.41, 5.74) is 3.81. The number of hydrogen-bond donors (Lipinski definition) is 0. The molecule has 0 bridgehead atoms. The number of benzene rings is 1. The summed E-state index contributed by atoms with van der Waals surface area (Å²) < 4.78 is 0. The summed E-state index contributed by atoms with van der Waals surface area (Å²) in [5, 5.41) is 2.02. The van der Waals surface area contributed by atoms with E-state index in [0.29, 0.717) is 0 Å². The van der Waals surface area contributed by atoms with Crippen molar-refractivity contribution in [2.75, 3.05) is 0 Å². The molecular weight excluding hydrogens is 655 g/mol. The number of halogens is 2. The van der Waals surface area contributed by atoms with E-state index in [1.807, 2.05) is 0 Å². The van der Waals surface area contributed by atoms with Gasteiger partial charge in [0.05, 0.1) is 8.07 Å². The van der Waals surface area contributed by atoms with E-state index in [0.717, 1.165) is 80.8 Å². The maximum atomic E-state index is 4.93. The molecule has 1 aromatic carbocycles. The van der Waals surface area contributed by atoms with E-state index in [1.54, 1.807) is 18.4 Å². The average molecular weight is 713 g/mol. The second kappa shape index (κ2) is 14.3. The molecule has 5 aliphatic carbocycles. The summed E-state index contributed by atoms with van der Waals surface area (Å²) in [5.74, 6) is 9.79. The quantitative estimate of drug-likeness (QED) is 0.222. The maximum absolute atomic E-state index is 4.93. The zero-order valence-electron chi connectivity index (χ0n) is 27.0. The predicted octanol–water partition coefficient (Wildman–Crippen LogP) is 12.2. The van der Waals surface area contributed by atoms with E-state index in [-0.39, 0.29) is 14.9 Å². The van der Waals surface area contributed by atoms with Crippen LogP contribution in [0, 0.1) is 68.1 Å². The summed E-state index contributed by atoms with van der Waals surface area (Å²) >= 11 is 1.72. The minimum atomic E-state index is -1.46. The van der Waals surface area contributed by atoms with Crippen molar-refractivity contribution in [3.05, 3.63) is 50.7 Å². The molecule has 0 N–H and O–H groups in total. The van der Waals surface area contributed by atoms with Crippen molar-refractivity contribution in [3.8, 4) is 0 Å². The average Bonchev–Trinajstić information content (AvgIpc) is 3.66. The summed E-state index contributed by atoms with van der Waals surface area (Å²) in [6.07, 6.45) is 13.8. The van der Waals surface area contributed by atoms with Gasteiger partial charge in [0.25, 0.3) is 0 Å². The predicted molar refractivity (Wildman–Crippen MR) is 184 cm³/mol. The Labute approximate surface area is 278 Å². The van der Waals surface area contributed by atoms with Crippen LogP contribution in [0.3, 0.4) is 0 Å². The van der Waals surface area contributed by atoms with Gasteiger partial charge in [0.1, 0.15) is 0 Å². The van der Waals surface area contributed by atoms with Gasteiger partial charge >= 0.3 is 37.9 Å². The van der Waals surface area contributed by atoms with Gasteiger partial charge in [0.15, 0.2) is 0 Å². The molecule has 0 radical (unpaired) electrons. The Bertz CT molecular complexity index is 976. The Morgan fingerprint density at radius 2 is 1.41 bits per heavy atom. The molecule has 1 heterocycles. The Hall–Kier alpha value is 1.25. The van der Waals surface area contributed by atoms with Crippen LogP contribution in [0.2, 0.25) is 24.2 Å². The molecule has 6 fully saturated rings. The van der Waals surface area contributed by atoms with Crippen LogP contribution in [0.15, 0.2) is 30.3 Å². The van der Waals surface area contributed by atoms with Gasteiger partial charge in [0, 0.05) is 10.5 Å². The van der Waals surface area contributed by atoms with Gasteiger partial charge in [-0.3, -0.25) is 0 Å². The van der Waals surface area contributed by atoms with E-state index >= 15 is 0 Å². The molecular formula is C36H58Cl2SSiZr.